The first kappa shape index (κ1) is 19.1. The van der Waals surface area contributed by atoms with E-state index in [1.165, 1.54) is 4.88 Å². The molecular formula is C15H28N4OS2. The number of aliphatic imine (C=N–C) groups is 1. The van der Waals surface area contributed by atoms with Crippen molar-refractivity contribution < 1.29 is 4.21 Å². The van der Waals surface area contributed by atoms with Crippen LogP contribution in [0.25, 0.3) is 0 Å². The molecule has 1 atom stereocenters. The summed E-state index contributed by atoms with van der Waals surface area (Å²) in [6.45, 7) is 9.57. The number of hydrogen-bond acceptors (Lipinski definition) is 4. The second-order valence-electron chi connectivity index (χ2n) is 5.91. The van der Waals surface area contributed by atoms with Crippen LogP contribution in [0.4, 0.5) is 0 Å². The van der Waals surface area contributed by atoms with E-state index in [1.807, 2.05) is 27.0 Å². The van der Waals surface area contributed by atoms with Crippen LogP contribution >= 0.6 is 11.3 Å². The van der Waals surface area contributed by atoms with Gasteiger partial charge in [-0.1, -0.05) is 6.92 Å². The highest BCUT2D eigenvalue weighted by atomic mass is 32.2. The Bertz CT molecular complexity index is 506. The molecule has 0 aromatic carbocycles. The maximum absolute atomic E-state index is 12.0. The average Bonchev–Trinajstić information content (AvgIpc) is 2.92. The predicted octanol–water partition coefficient (Wildman–Crippen LogP) is 1.96. The smallest absolute Gasteiger partial charge is 0.191 e. The van der Waals surface area contributed by atoms with Crippen LogP contribution in [-0.2, 0) is 23.6 Å². The molecule has 1 unspecified atom stereocenters. The highest BCUT2D eigenvalue weighted by Crippen LogP contribution is 2.13. The van der Waals surface area contributed by atoms with E-state index in [2.05, 4.69) is 27.5 Å². The lowest BCUT2D eigenvalue weighted by atomic mass is 10.3. The van der Waals surface area contributed by atoms with Crippen molar-refractivity contribution in [2.45, 2.75) is 45.3 Å². The number of thiazole rings is 1. The molecule has 2 N–H and O–H groups in total. The van der Waals surface area contributed by atoms with E-state index in [1.54, 1.807) is 18.4 Å². The molecule has 0 radical (unpaired) electrons. The first-order valence-corrected chi connectivity index (χ1v) is 9.77. The molecule has 0 bridgehead atoms. The summed E-state index contributed by atoms with van der Waals surface area (Å²) >= 11 is 1.77. The van der Waals surface area contributed by atoms with Crippen molar-refractivity contribution in [3.8, 4) is 0 Å². The number of aromatic nitrogens is 1. The lowest BCUT2D eigenvalue weighted by molar-refractivity contribution is 0.647. The first-order chi connectivity index (χ1) is 10.4. The Balaban J connectivity index is 2.27. The fourth-order valence-corrected chi connectivity index (χ4v) is 3.47. The van der Waals surface area contributed by atoms with Crippen LogP contribution in [-0.4, -0.2) is 45.8 Å². The largest absolute Gasteiger partial charge is 0.356 e. The third-order valence-corrected chi connectivity index (χ3v) is 6.21. The summed E-state index contributed by atoms with van der Waals surface area (Å²) in [5.41, 5.74) is 0. The quantitative estimate of drug-likeness (QED) is 0.586. The van der Waals surface area contributed by atoms with Crippen molar-refractivity contribution in [3.63, 3.8) is 0 Å². The van der Waals surface area contributed by atoms with Crippen molar-refractivity contribution in [1.29, 1.82) is 0 Å². The summed E-state index contributed by atoms with van der Waals surface area (Å²) in [6, 6.07) is 0. The molecule has 1 rings (SSSR count). The van der Waals surface area contributed by atoms with Gasteiger partial charge in [-0.3, -0.25) is 9.20 Å². The Labute approximate surface area is 140 Å². The van der Waals surface area contributed by atoms with Gasteiger partial charge in [0.2, 0.25) is 0 Å². The molecular weight excluding hydrogens is 316 g/mol. The van der Waals surface area contributed by atoms with Gasteiger partial charge in [-0.05, 0) is 27.2 Å². The van der Waals surface area contributed by atoms with Crippen molar-refractivity contribution in [2.75, 3.05) is 25.9 Å². The zero-order valence-electron chi connectivity index (χ0n) is 14.2. The SMILES string of the molecule is CCc1cnc(CCNC(=NC)NCCS(=O)C(C)(C)C)s1. The molecule has 126 valence electrons. The third-order valence-electron chi connectivity index (χ3n) is 3.07. The Morgan fingerprint density at radius 2 is 2.05 bits per heavy atom. The van der Waals surface area contributed by atoms with Crippen molar-refractivity contribution in [2.24, 2.45) is 4.99 Å². The van der Waals surface area contributed by atoms with Crippen LogP contribution < -0.4 is 10.6 Å². The molecule has 1 aromatic rings. The number of nitrogens with one attached hydrogen (secondary N) is 2. The van der Waals surface area contributed by atoms with Crippen molar-refractivity contribution in [3.05, 3.63) is 16.1 Å². The number of hydrogen-bond donors (Lipinski definition) is 2. The third kappa shape index (κ3) is 6.87. The fraction of sp³-hybridized carbons (Fsp3) is 0.733. The van der Waals surface area contributed by atoms with Crippen molar-refractivity contribution in [1.82, 2.24) is 15.6 Å². The molecule has 0 saturated carbocycles. The average molecular weight is 345 g/mol. The lowest BCUT2D eigenvalue weighted by Gasteiger charge is -2.18. The zero-order chi connectivity index (χ0) is 16.6. The van der Waals surface area contributed by atoms with Crippen LogP contribution in [0.15, 0.2) is 11.2 Å². The minimum atomic E-state index is -0.843. The van der Waals surface area contributed by atoms with Crippen LogP contribution in [0.2, 0.25) is 0 Å². The molecule has 0 spiro atoms. The summed E-state index contributed by atoms with van der Waals surface area (Å²) in [6.07, 6.45) is 3.88. The zero-order valence-corrected chi connectivity index (χ0v) is 15.9. The van der Waals surface area contributed by atoms with E-state index in [0.29, 0.717) is 12.3 Å². The highest BCUT2D eigenvalue weighted by molar-refractivity contribution is 7.86. The topological polar surface area (TPSA) is 66.4 Å². The molecule has 0 saturated heterocycles. The maximum atomic E-state index is 12.0. The van der Waals surface area contributed by atoms with Crippen LogP contribution in [0.3, 0.4) is 0 Å². The number of nitrogens with zero attached hydrogens (tertiary/aromatic N) is 2. The first-order valence-electron chi connectivity index (χ1n) is 7.63. The van der Waals surface area contributed by atoms with Crippen LogP contribution in [0.1, 0.15) is 37.6 Å². The van der Waals surface area contributed by atoms with E-state index in [9.17, 15) is 4.21 Å². The summed E-state index contributed by atoms with van der Waals surface area (Å²) in [4.78, 5) is 9.90. The Kier molecular flexibility index (Phi) is 8.03. The Morgan fingerprint density at radius 3 is 2.59 bits per heavy atom. The van der Waals surface area contributed by atoms with Gasteiger partial charge in [0.15, 0.2) is 5.96 Å². The molecule has 1 aromatic heterocycles. The Morgan fingerprint density at radius 1 is 1.36 bits per heavy atom. The minimum Gasteiger partial charge on any atom is -0.356 e. The predicted molar refractivity (Wildman–Crippen MR) is 97.3 cm³/mol. The summed E-state index contributed by atoms with van der Waals surface area (Å²) in [7, 11) is 0.902. The lowest BCUT2D eigenvalue weighted by Crippen LogP contribution is -2.41. The normalized spacial score (nSPS) is 14.0. The van der Waals surface area contributed by atoms with Crippen LogP contribution in [0, 0.1) is 0 Å². The monoisotopic (exact) mass is 344 g/mol. The summed E-state index contributed by atoms with van der Waals surface area (Å²) in [5, 5.41) is 7.62. The van der Waals surface area contributed by atoms with Crippen molar-refractivity contribution >= 4 is 28.1 Å². The van der Waals surface area contributed by atoms with Gasteiger partial charge in [-0.2, -0.15) is 0 Å². The van der Waals surface area contributed by atoms with E-state index >= 15 is 0 Å². The van der Waals surface area contributed by atoms with E-state index in [-0.39, 0.29) is 4.75 Å². The second kappa shape index (κ2) is 9.25. The molecule has 1 heterocycles. The Hall–Kier alpha value is -0.950. The number of rotatable bonds is 7. The van der Waals surface area contributed by atoms with Gasteiger partial charge >= 0.3 is 0 Å². The second-order valence-corrected chi connectivity index (χ2v) is 9.44. The van der Waals surface area contributed by atoms with Gasteiger partial charge in [0.1, 0.15) is 0 Å². The standard InChI is InChI=1S/C15H28N4OS2/c1-6-12-11-19-13(21-12)7-8-17-14(16-5)18-9-10-22(20)15(2,3)4/h11H,6-10H2,1-5H3,(H2,16,17,18). The van der Waals surface area contributed by atoms with Crippen LogP contribution in [0.5, 0.6) is 0 Å². The maximum Gasteiger partial charge on any atom is 0.191 e. The fourth-order valence-electron chi connectivity index (χ4n) is 1.70. The van der Waals surface area contributed by atoms with E-state index in [4.69, 9.17) is 0 Å². The molecule has 0 aliphatic carbocycles. The molecule has 5 nitrogen and oxygen atoms in total. The molecule has 0 fully saturated rings. The highest BCUT2D eigenvalue weighted by Gasteiger charge is 2.18. The molecule has 0 aliphatic heterocycles. The molecule has 0 amide bonds. The van der Waals surface area contributed by atoms with E-state index in [0.717, 1.165) is 30.4 Å². The van der Waals surface area contributed by atoms with Gasteiger partial charge < -0.3 is 10.6 Å². The molecule has 22 heavy (non-hydrogen) atoms. The number of guanidine groups is 1. The minimum absolute atomic E-state index is 0.166. The van der Waals surface area contributed by atoms with Gasteiger partial charge in [0.05, 0.1) is 5.01 Å². The van der Waals surface area contributed by atoms with E-state index < -0.39 is 10.8 Å². The number of aryl methyl sites for hydroxylation is 1. The van der Waals surface area contributed by atoms with Gasteiger partial charge in [0, 0.05) is 58.9 Å². The summed E-state index contributed by atoms with van der Waals surface area (Å²) in [5.74, 6) is 1.37. The summed E-state index contributed by atoms with van der Waals surface area (Å²) < 4.78 is 11.8. The molecule has 7 heteroatoms. The van der Waals surface area contributed by atoms with Gasteiger partial charge in [-0.25, -0.2) is 4.98 Å². The van der Waals surface area contributed by atoms with Gasteiger partial charge in [-0.15, -0.1) is 11.3 Å². The van der Waals surface area contributed by atoms with Gasteiger partial charge in [0.25, 0.3) is 0 Å². The molecule has 0 aliphatic rings.